The van der Waals surface area contributed by atoms with E-state index in [4.69, 9.17) is 10.00 Å². The normalized spacial score (nSPS) is 25.9. The van der Waals surface area contributed by atoms with Crippen molar-refractivity contribution >= 4 is 0 Å². The van der Waals surface area contributed by atoms with Gasteiger partial charge in [0, 0.05) is 0 Å². The van der Waals surface area contributed by atoms with Gasteiger partial charge in [0.05, 0.1) is 12.2 Å². The molecule has 0 saturated carbocycles. The van der Waals surface area contributed by atoms with Crippen molar-refractivity contribution in [3.8, 4) is 6.07 Å². The van der Waals surface area contributed by atoms with Crippen molar-refractivity contribution in [1.82, 2.24) is 0 Å². The van der Waals surface area contributed by atoms with Gasteiger partial charge in [-0.3, -0.25) is 0 Å². The van der Waals surface area contributed by atoms with Gasteiger partial charge in [-0.1, -0.05) is 12.1 Å². The maximum Gasteiger partial charge on any atom is 0.144 e. The average molecular weight is 205 g/mol. The molecule has 1 saturated heterocycles. The second-order valence-electron chi connectivity index (χ2n) is 3.72. The highest BCUT2D eigenvalue weighted by molar-refractivity contribution is 5.19. The van der Waals surface area contributed by atoms with E-state index in [0.29, 0.717) is 0 Å². The first-order valence-electron chi connectivity index (χ1n) is 5.10. The Morgan fingerprint density at radius 2 is 2.00 bits per heavy atom. The van der Waals surface area contributed by atoms with Gasteiger partial charge in [-0.05, 0) is 37.0 Å². The summed E-state index contributed by atoms with van der Waals surface area (Å²) < 4.78 is 18.3. The Morgan fingerprint density at radius 3 is 2.67 bits per heavy atom. The third-order valence-corrected chi connectivity index (χ3v) is 2.65. The Balaban J connectivity index is 2.10. The van der Waals surface area contributed by atoms with Gasteiger partial charge >= 0.3 is 0 Å². The summed E-state index contributed by atoms with van der Waals surface area (Å²) in [7, 11) is 0. The Kier molecular flexibility index (Phi) is 2.98. The summed E-state index contributed by atoms with van der Waals surface area (Å²) in [4.78, 5) is 0. The smallest absolute Gasteiger partial charge is 0.144 e. The fraction of sp³-hybridized carbons (Fsp3) is 0.417. The first-order chi connectivity index (χ1) is 7.29. The number of nitrogens with zero attached hydrogens (tertiary/aromatic N) is 1. The van der Waals surface area contributed by atoms with E-state index in [1.807, 2.05) is 0 Å². The number of ether oxygens (including phenoxy) is 1. The first kappa shape index (κ1) is 10.1. The summed E-state index contributed by atoms with van der Waals surface area (Å²) in [6.07, 6.45) is 2.33. The zero-order chi connectivity index (χ0) is 10.7. The van der Waals surface area contributed by atoms with Crippen LogP contribution in [0, 0.1) is 17.1 Å². The molecule has 0 radical (unpaired) electrons. The maximum absolute atomic E-state index is 12.7. The SMILES string of the molecule is N#CC1CCCC(c2ccc(F)cc2)O1. The molecule has 3 heteroatoms. The third kappa shape index (κ3) is 2.34. The van der Waals surface area contributed by atoms with Crippen LogP contribution >= 0.6 is 0 Å². The molecule has 1 aliphatic heterocycles. The van der Waals surface area contributed by atoms with Crippen LogP contribution in [-0.2, 0) is 4.74 Å². The molecule has 2 rings (SSSR count). The van der Waals surface area contributed by atoms with Crippen LogP contribution in [0.15, 0.2) is 24.3 Å². The summed E-state index contributed by atoms with van der Waals surface area (Å²) >= 11 is 0. The van der Waals surface area contributed by atoms with Gasteiger partial charge in [0.2, 0.25) is 0 Å². The van der Waals surface area contributed by atoms with Gasteiger partial charge in [0.1, 0.15) is 11.9 Å². The van der Waals surface area contributed by atoms with E-state index in [2.05, 4.69) is 6.07 Å². The van der Waals surface area contributed by atoms with Gasteiger partial charge in [-0.15, -0.1) is 0 Å². The highest BCUT2D eigenvalue weighted by atomic mass is 19.1. The minimum atomic E-state index is -0.311. The molecule has 1 aromatic carbocycles. The van der Waals surface area contributed by atoms with Crippen molar-refractivity contribution in [2.24, 2.45) is 0 Å². The number of halogens is 1. The highest BCUT2D eigenvalue weighted by Gasteiger charge is 2.23. The second-order valence-corrected chi connectivity index (χ2v) is 3.72. The lowest BCUT2D eigenvalue weighted by molar-refractivity contribution is -0.0228. The molecule has 1 fully saturated rings. The largest absolute Gasteiger partial charge is 0.355 e. The molecule has 1 aromatic rings. The number of benzene rings is 1. The van der Waals surface area contributed by atoms with Gasteiger partial charge < -0.3 is 4.74 Å². The summed E-state index contributed by atoms with van der Waals surface area (Å²) in [5.74, 6) is -0.244. The molecule has 2 atom stereocenters. The van der Waals surface area contributed by atoms with E-state index >= 15 is 0 Å². The quantitative estimate of drug-likeness (QED) is 0.706. The molecule has 2 unspecified atom stereocenters. The van der Waals surface area contributed by atoms with Crippen molar-refractivity contribution < 1.29 is 9.13 Å². The van der Waals surface area contributed by atoms with Crippen LogP contribution in [0.3, 0.4) is 0 Å². The molecule has 0 bridgehead atoms. The van der Waals surface area contributed by atoms with Gasteiger partial charge in [-0.25, -0.2) is 4.39 Å². The minimum Gasteiger partial charge on any atom is -0.355 e. The van der Waals surface area contributed by atoms with Crippen LogP contribution in [0.1, 0.15) is 30.9 Å². The zero-order valence-corrected chi connectivity index (χ0v) is 8.32. The van der Waals surface area contributed by atoms with E-state index in [1.165, 1.54) is 12.1 Å². The molecule has 2 nitrogen and oxygen atoms in total. The fourth-order valence-electron chi connectivity index (χ4n) is 1.84. The van der Waals surface area contributed by atoms with E-state index in [9.17, 15) is 4.39 Å². The van der Waals surface area contributed by atoms with Crippen LogP contribution in [-0.4, -0.2) is 6.10 Å². The number of hydrogen-bond acceptors (Lipinski definition) is 2. The number of nitriles is 1. The second kappa shape index (κ2) is 4.41. The molecule has 0 N–H and O–H groups in total. The Labute approximate surface area is 88.3 Å². The molecule has 0 aromatic heterocycles. The van der Waals surface area contributed by atoms with Crippen molar-refractivity contribution in [3.63, 3.8) is 0 Å². The molecule has 1 aliphatic rings. The molecule has 78 valence electrons. The Hall–Kier alpha value is -1.40. The molecule has 0 amide bonds. The third-order valence-electron chi connectivity index (χ3n) is 2.65. The van der Waals surface area contributed by atoms with Crippen LogP contribution in [0.25, 0.3) is 0 Å². The maximum atomic E-state index is 12.7. The van der Waals surface area contributed by atoms with Crippen molar-refractivity contribution in [2.75, 3.05) is 0 Å². The van der Waals surface area contributed by atoms with E-state index in [0.717, 1.165) is 24.8 Å². The van der Waals surface area contributed by atoms with Crippen LogP contribution in [0.4, 0.5) is 4.39 Å². The molecule has 1 heterocycles. The molecular formula is C12H12FNO. The van der Waals surface area contributed by atoms with Crippen molar-refractivity contribution in [1.29, 1.82) is 5.26 Å². The fourth-order valence-corrected chi connectivity index (χ4v) is 1.84. The van der Waals surface area contributed by atoms with E-state index in [-0.39, 0.29) is 18.0 Å². The Bertz CT molecular complexity index is 368. The number of rotatable bonds is 1. The topological polar surface area (TPSA) is 33.0 Å². The molecular weight excluding hydrogens is 193 g/mol. The first-order valence-corrected chi connectivity index (χ1v) is 5.10. The van der Waals surface area contributed by atoms with Gasteiger partial charge in [0.15, 0.2) is 0 Å². The van der Waals surface area contributed by atoms with Crippen LogP contribution in [0.2, 0.25) is 0 Å². The summed E-state index contributed by atoms with van der Waals surface area (Å²) in [6, 6.07) is 8.41. The van der Waals surface area contributed by atoms with Crippen LogP contribution in [0.5, 0.6) is 0 Å². The highest BCUT2D eigenvalue weighted by Crippen LogP contribution is 2.30. The van der Waals surface area contributed by atoms with E-state index < -0.39 is 0 Å². The average Bonchev–Trinajstić information content (AvgIpc) is 2.30. The minimum absolute atomic E-state index is 0.0519. The lowest BCUT2D eigenvalue weighted by Crippen LogP contribution is -2.20. The molecule has 0 spiro atoms. The van der Waals surface area contributed by atoms with E-state index in [1.54, 1.807) is 12.1 Å². The monoisotopic (exact) mass is 205 g/mol. The number of hydrogen-bond donors (Lipinski definition) is 0. The summed E-state index contributed by atoms with van der Waals surface area (Å²) in [5.41, 5.74) is 0.955. The lowest BCUT2D eigenvalue weighted by Gasteiger charge is -2.26. The predicted molar refractivity (Wildman–Crippen MR) is 53.5 cm³/mol. The van der Waals surface area contributed by atoms with Gasteiger partial charge in [-0.2, -0.15) is 5.26 Å². The molecule has 0 aliphatic carbocycles. The molecule has 15 heavy (non-hydrogen) atoms. The zero-order valence-electron chi connectivity index (χ0n) is 8.32. The van der Waals surface area contributed by atoms with Crippen LogP contribution < -0.4 is 0 Å². The summed E-state index contributed by atoms with van der Waals surface area (Å²) in [5, 5.41) is 8.76. The standard InChI is InChI=1S/C12H12FNO/c13-10-6-4-9(5-7-10)12-3-1-2-11(8-14)15-12/h4-7,11-12H,1-3H2. The lowest BCUT2D eigenvalue weighted by atomic mass is 9.99. The Morgan fingerprint density at radius 1 is 1.27 bits per heavy atom. The van der Waals surface area contributed by atoms with Crippen molar-refractivity contribution in [3.05, 3.63) is 35.6 Å². The predicted octanol–water partition coefficient (Wildman–Crippen LogP) is 2.96. The summed E-state index contributed by atoms with van der Waals surface area (Å²) in [6.45, 7) is 0. The van der Waals surface area contributed by atoms with Gasteiger partial charge in [0.25, 0.3) is 0 Å². The van der Waals surface area contributed by atoms with Crippen molar-refractivity contribution in [2.45, 2.75) is 31.5 Å².